The van der Waals surface area contributed by atoms with Gasteiger partial charge in [0, 0.05) is 12.7 Å². The summed E-state index contributed by atoms with van der Waals surface area (Å²) >= 11 is 1.29. The minimum atomic E-state index is -0.220. The monoisotopic (exact) mass is 189 g/mol. The maximum Gasteiger partial charge on any atom is 0.217 e. The van der Waals surface area contributed by atoms with Gasteiger partial charge in [-0.3, -0.25) is 9.59 Å². The molecule has 0 spiro atoms. The Labute approximate surface area is 77.3 Å². The zero-order chi connectivity index (χ0) is 9.56. The number of rotatable bonds is 1. The summed E-state index contributed by atoms with van der Waals surface area (Å²) in [5.74, 6) is 0.713. The molecule has 1 heterocycles. The van der Waals surface area contributed by atoms with E-state index in [0.29, 0.717) is 0 Å². The van der Waals surface area contributed by atoms with Crippen molar-refractivity contribution < 1.29 is 9.59 Å². The predicted molar refractivity (Wildman–Crippen MR) is 51.0 cm³/mol. The van der Waals surface area contributed by atoms with E-state index in [1.165, 1.54) is 18.7 Å². The third kappa shape index (κ3) is 3.76. The lowest BCUT2D eigenvalue weighted by Gasteiger charge is -2.05. The van der Waals surface area contributed by atoms with Crippen LogP contribution in [-0.4, -0.2) is 22.8 Å². The van der Waals surface area contributed by atoms with Gasteiger partial charge in [0.2, 0.25) is 11.0 Å². The third-order valence-electron chi connectivity index (χ3n) is 1.31. The first-order chi connectivity index (χ1) is 5.70. The van der Waals surface area contributed by atoms with Crippen LogP contribution in [0.3, 0.4) is 0 Å². The fourth-order valence-electron chi connectivity index (χ4n) is 0.872. The van der Waals surface area contributed by atoms with Crippen molar-refractivity contribution in [3.63, 3.8) is 0 Å². The fourth-order valence-corrected chi connectivity index (χ4v) is 1.80. The summed E-state index contributed by atoms with van der Waals surface area (Å²) in [5, 5.41) is 2.67. The quantitative estimate of drug-likeness (QED) is 0.673. The van der Waals surface area contributed by atoms with Gasteiger partial charge < -0.3 is 5.32 Å². The zero-order valence-electron chi connectivity index (χ0n) is 7.72. The van der Waals surface area contributed by atoms with Crippen molar-refractivity contribution in [2.45, 2.75) is 33.2 Å². The first-order valence-electron chi connectivity index (χ1n) is 4.14. The Hall–Kier alpha value is -0.510. The van der Waals surface area contributed by atoms with Crippen molar-refractivity contribution in [2.75, 3.05) is 5.75 Å². The summed E-state index contributed by atoms with van der Waals surface area (Å²) in [7, 11) is 0. The van der Waals surface area contributed by atoms with E-state index >= 15 is 0 Å². The van der Waals surface area contributed by atoms with Crippen molar-refractivity contribution in [3.8, 4) is 0 Å². The highest BCUT2D eigenvalue weighted by atomic mass is 32.2. The summed E-state index contributed by atoms with van der Waals surface area (Å²) < 4.78 is 0. The molecular formula is C8H15NO2S. The van der Waals surface area contributed by atoms with Gasteiger partial charge in [-0.25, -0.2) is 0 Å². The SMILES string of the molecule is CC.CC(=O)NC1CCSC1=O. The Morgan fingerprint density at radius 3 is 2.50 bits per heavy atom. The predicted octanol–water partition coefficient (Wildman–Crippen LogP) is 1.18. The van der Waals surface area contributed by atoms with Crippen LogP contribution in [0.1, 0.15) is 27.2 Å². The normalized spacial score (nSPS) is 21.2. The highest BCUT2D eigenvalue weighted by molar-refractivity contribution is 8.14. The van der Waals surface area contributed by atoms with Gasteiger partial charge in [0.05, 0.1) is 6.04 Å². The smallest absolute Gasteiger partial charge is 0.217 e. The number of carbonyl (C=O) groups is 2. The number of thioether (sulfide) groups is 1. The van der Waals surface area contributed by atoms with Crippen molar-refractivity contribution in [3.05, 3.63) is 0 Å². The molecule has 12 heavy (non-hydrogen) atoms. The minimum Gasteiger partial charge on any atom is -0.346 e. The van der Waals surface area contributed by atoms with Gasteiger partial charge in [-0.15, -0.1) is 0 Å². The molecule has 1 amide bonds. The Balaban J connectivity index is 0.000000561. The van der Waals surface area contributed by atoms with E-state index in [-0.39, 0.29) is 17.1 Å². The molecule has 0 radical (unpaired) electrons. The van der Waals surface area contributed by atoms with Crippen LogP contribution in [0, 0.1) is 0 Å². The van der Waals surface area contributed by atoms with Crippen molar-refractivity contribution >= 4 is 22.8 Å². The number of hydrogen-bond donors (Lipinski definition) is 1. The lowest BCUT2D eigenvalue weighted by atomic mass is 10.2. The van der Waals surface area contributed by atoms with Crippen LogP contribution in [0.15, 0.2) is 0 Å². The van der Waals surface area contributed by atoms with E-state index < -0.39 is 0 Å². The van der Waals surface area contributed by atoms with Crippen LogP contribution >= 0.6 is 11.8 Å². The topological polar surface area (TPSA) is 46.2 Å². The first kappa shape index (κ1) is 11.5. The number of carbonyl (C=O) groups excluding carboxylic acids is 2. The van der Waals surface area contributed by atoms with Crippen molar-refractivity contribution in [1.82, 2.24) is 5.32 Å². The molecule has 1 aliphatic rings. The van der Waals surface area contributed by atoms with Crippen LogP contribution in [-0.2, 0) is 9.59 Å². The Morgan fingerprint density at radius 1 is 1.58 bits per heavy atom. The van der Waals surface area contributed by atoms with E-state index in [9.17, 15) is 9.59 Å². The van der Waals surface area contributed by atoms with Gasteiger partial charge >= 0.3 is 0 Å². The molecule has 4 heteroatoms. The third-order valence-corrected chi connectivity index (χ3v) is 2.32. The van der Waals surface area contributed by atoms with Gasteiger partial charge in [-0.2, -0.15) is 0 Å². The van der Waals surface area contributed by atoms with Gasteiger partial charge in [-0.1, -0.05) is 25.6 Å². The molecule has 0 aromatic rings. The maximum absolute atomic E-state index is 10.9. The first-order valence-corrected chi connectivity index (χ1v) is 5.12. The molecule has 70 valence electrons. The molecule has 1 fully saturated rings. The highest BCUT2D eigenvalue weighted by Gasteiger charge is 2.25. The van der Waals surface area contributed by atoms with E-state index in [1.54, 1.807) is 0 Å². The van der Waals surface area contributed by atoms with Crippen molar-refractivity contribution in [1.29, 1.82) is 0 Å². The number of amides is 1. The largest absolute Gasteiger partial charge is 0.346 e. The van der Waals surface area contributed by atoms with Gasteiger partial charge in [0.1, 0.15) is 0 Å². The molecule has 1 atom stereocenters. The summed E-state index contributed by atoms with van der Waals surface area (Å²) in [6.45, 7) is 5.43. The Kier molecular flexibility index (Phi) is 5.80. The number of nitrogens with one attached hydrogen (secondary N) is 1. The molecule has 1 N–H and O–H groups in total. The summed E-state index contributed by atoms with van der Waals surface area (Å²) in [6, 6.07) is -0.220. The fraction of sp³-hybridized carbons (Fsp3) is 0.750. The van der Waals surface area contributed by atoms with E-state index in [1.807, 2.05) is 13.8 Å². The average Bonchev–Trinajstić information content (AvgIpc) is 2.40. The van der Waals surface area contributed by atoms with Crippen LogP contribution < -0.4 is 5.32 Å². The molecule has 0 aromatic heterocycles. The molecule has 0 bridgehead atoms. The van der Waals surface area contributed by atoms with E-state index in [0.717, 1.165) is 12.2 Å². The summed E-state index contributed by atoms with van der Waals surface area (Å²) in [4.78, 5) is 21.3. The summed E-state index contributed by atoms with van der Waals surface area (Å²) in [6.07, 6.45) is 0.781. The molecule has 3 nitrogen and oxygen atoms in total. The second kappa shape index (κ2) is 6.06. The molecule has 1 unspecified atom stereocenters. The lowest BCUT2D eigenvalue weighted by Crippen LogP contribution is -2.35. The Morgan fingerprint density at radius 2 is 2.17 bits per heavy atom. The van der Waals surface area contributed by atoms with Crippen LogP contribution in [0.4, 0.5) is 0 Å². The summed E-state index contributed by atoms with van der Waals surface area (Å²) in [5.41, 5.74) is 0. The van der Waals surface area contributed by atoms with Gasteiger partial charge in [-0.05, 0) is 6.42 Å². The standard InChI is InChI=1S/C6H9NO2S.C2H6/c1-4(8)7-5-2-3-10-6(5)9;1-2/h5H,2-3H2,1H3,(H,7,8);1-2H3. The van der Waals surface area contributed by atoms with Crippen LogP contribution in [0.2, 0.25) is 0 Å². The average molecular weight is 189 g/mol. The Bertz CT molecular complexity index is 170. The van der Waals surface area contributed by atoms with E-state index in [2.05, 4.69) is 5.32 Å². The molecule has 0 aliphatic carbocycles. The maximum atomic E-state index is 10.9. The second-order valence-electron chi connectivity index (χ2n) is 2.21. The molecule has 1 rings (SSSR count). The zero-order valence-corrected chi connectivity index (χ0v) is 8.53. The van der Waals surface area contributed by atoms with E-state index in [4.69, 9.17) is 0 Å². The van der Waals surface area contributed by atoms with Crippen LogP contribution in [0.25, 0.3) is 0 Å². The van der Waals surface area contributed by atoms with Crippen molar-refractivity contribution in [2.24, 2.45) is 0 Å². The highest BCUT2D eigenvalue weighted by Crippen LogP contribution is 2.18. The molecule has 1 aliphatic heterocycles. The second-order valence-corrected chi connectivity index (χ2v) is 3.31. The minimum absolute atomic E-state index is 0.0928. The number of hydrogen-bond acceptors (Lipinski definition) is 3. The van der Waals surface area contributed by atoms with Crippen LogP contribution in [0.5, 0.6) is 0 Å². The van der Waals surface area contributed by atoms with Gasteiger partial charge in [0.25, 0.3) is 0 Å². The molecular weight excluding hydrogens is 174 g/mol. The lowest BCUT2D eigenvalue weighted by molar-refractivity contribution is -0.122. The molecule has 0 aromatic carbocycles. The molecule has 0 saturated carbocycles. The molecule has 1 saturated heterocycles. The van der Waals surface area contributed by atoms with Gasteiger partial charge in [0.15, 0.2) is 0 Å².